The Labute approximate surface area is 220 Å². The molecule has 2 aromatic carbocycles. The van der Waals surface area contributed by atoms with Gasteiger partial charge in [0.1, 0.15) is 18.1 Å². The summed E-state index contributed by atoms with van der Waals surface area (Å²) in [5.41, 5.74) is 3.43. The Morgan fingerprint density at radius 1 is 0.974 bits per heavy atom. The lowest BCUT2D eigenvalue weighted by molar-refractivity contribution is -0.139. The van der Waals surface area contributed by atoms with Crippen LogP contribution in [0.5, 0.6) is 5.75 Å². The average molecular weight is 509 g/mol. The third kappa shape index (κ3) is 5.34. The lowest BCUT2D eigenvalue weighted by atomic mass is 9.96. The smallest absolute Gasteiger partial charge is 0.295 e. The van der Waals surface area contributed by atoms with E-state index in [0.717, 1.165) is 11.1 Å². The molecule has 1 fully saturated rings. The second kappa shape index (κ2) is 11.1. The second-order valence-electron chi connectivity index (χ2n) is 9.23. The minimum Gasteiger partial charge on any atom is -0.507 e. The summed E-state index contributed by atoms with van der Waals surface area (Å²) in [6.07, 6.45) is 9.11. The molecule has 8 heteroatoms. The minimum atomic E-state index is -0.710. The van der Waals surface area contributed by atoms with Crippen LogP contribution in [0.25, 0.3) is 5.76 Å². The van der Waals surface area contributed by atoms with E-state index in [2.05, 4.69) is 16.0 Å². The number of aliphatic hydroxyl groups excluding tert-OH is 1. The molecule has 0 aliphatic carbocycles. The largest absolute Gasteiger partial charge is 0.507 e. The van der Waals surface area contributed by atoms with Gasteiger partial charge in [-0.05, 0) is 60.9 Å². The van der Waals surface area contributed by atoms with Crippen LogP contribution in [0.1, 0.15) is 34.7 Å². The summed E-state index contributed by atoms with van der Waals surface area (Å²) in [7, 11) is 0. The average Bonchev–Trinajstić information content (AvgIpc) is 3.55. The van der Waals surface area contributed by atoms with Crippen LogP contribution in [-0.4, -0.2) is 42.8 Å². The Morgan fingerprint density at radius 2 is 1.76 bits per heavy atom. The number of aliphatic hydroxyl groups is 1. The Bertz CT molecular complexity index is 1450. The van der Waals surface area contributed by atoms with Crippen LogP contribution in [0.15, 0.2) is 97.4 Å². The molecule has 1 aliphatic heterocycles. The number of Topliss-reactive ketones (excluding diaryl/α,β-unsaturated/α-hetero) is 1. The molecule has 1 amide bonds. The Balaban J connectivity index is 1.39. The van der Waals surface area contributed by atoms with E-state index in [1.165, 1.54) is 4.90 Å². The number of benzene rings is 2. The molecule has 8 nitrogen and oxygen atoms in total. The first-order valence-corrected chi connectivity index (χ1v) is 12.4. The number of pyridine rings is 1. The van der Waals surface area contributed by atoms with Gasteiger partial charge in [0, 0.05) is 43.4 Å². The van der Waals surface area contributed by atoms with Crippen LogP contribution in [-0.2, 0) is 22.7 Å². The zero-order valence-electron chi connectivity index (χ0n) is 21.0. The summed E-state index contributed by atoms with van der Waals surface area (Å²) in [6.45, 7) is 3.44. The van der Waals surface area contributed by atoms with Crippen molar-refractivity contribution in [2.75, 3.05) is 6.54 Å². The molecule has 0 saturated carbocycles. The van der Waals surface area contributed by atoms with Crippen molar-refractivity contribution in [2.24, 2.45) is 0 Å². The van der Waals surface area contributed by atoms with Crippen molar-refractivity contribution in [1.29, 1.82) is 0 Å². The van der Waals surface area contributed by atoms with E-state index in [9.17, 15) is 14.7 Å². The lowest BCUT2D eigenvalue weighted by Crippen LogP contribution is -2.31. The summed E-state index contributed by atoms with van der Waals surface area (Å²) in [4.78, 5) is 35.9. The maximum absolute atomic E-state index is 13.2. The summed E-state index contributed by atoms with van der Waals surface area (Å²) in [5, 5.41) is 11.3. The molecule has 1 atom stereocenters. The number of ether oxygens (including phenoxy) is 1. The van der Waals surface area contributed by atoms with E-state index in [1.807, 2.05) is 35.9 Å². The molecule has 1 N–H and O–H groups in total. The number of aromatic nitrogens is 3. The first-order valence-electron chi connectivity index (χ1n) is 12.4. The Kier molecular flexibility index (Phi) is 7.31. The number of amides is 1. The number of carbonyl (C=O) groups is 2. The lowest BCUT2D eigenvalue weighted by Gasteiger charge is -2.25. The van der Waals surface area contributed by atoms with Gasteiger partial charge >= 0.3 is 0 Å². The van der Waals surface area contributed by atoms with Crippen molar-refractivity contribution >= 4 is 17.4 Å². The van der Waals surface area contributed by atoms with E-state index in [1.54, 1.807) is 61.3 Å². The molecule has 0 spiro atoms. The van der Waals surface area contributed by atoms with Gasteiger partial charge in [-0.3, -0.25) is 14.6 Å². The van der Waals surface area contributed by atoms with Crippen LogP contribution in [0.4, 0.5) is 0 Å². The number of likely N-dealkylation sites (tertiary alicyclic amines) is 1. The third-order valence-corrected chi connectivity index (χ3v) is 6.55. The molecule has 4 aromatic rings. The fourth-order valence-corrected chi connectivity index (χ4v) is 4.68. The van der Waals surface area contributed by atoms with Gasteiger partial charge in [-0.1, -0.05) is 29.8 Å². The van der Waals surface area contributed by atoms with Crippen molar-refractivity contribution in [2.45, 2.75) is 32.5 Å². The summed E-state index contributed by atoms with van der Waals surface area (Å²) in [5.74, 6) is -0.912. The van der Waals surface area contributed by atoms with Crippen LogP contribution in [0.3, 0.4) is 0 Å². The highest BCUT2D eigenvalue weighted by atomic mass is 16.5. The summed E-state index contributed by atoms with van der Waals surface area (Å²) >= 11 is 0. The van der Waals surface area contributed by atoms with Gasteiger partial charge in [0.2, 0.25) is 0 Å². The zero-order chi connectivity index (χ0) is 26.5. The number of imidazole rings is 1. The maximum atomic E-state index is 13.2. The van der Waals surface area contributed by atoms with Gasteiger partial charge in [-0.25, -0.2) is 4.98 Å². The molecule has 2 aromatic heterocycles. The normalized spacial score (nSPS) is 16.7. The molecule has 0 radical (unpaired) electrons. The number of aryl methyl sites for hydroxylation is 2. The van der Waals surface area contributed by atoms with Crippen LogP contribution >= 0.6 is 0 Å². The molecule has 1 saturated heterocycles. The fourth-order valence-electron chi connectivity index (χ4n) is 4.68. The van der Waals surface area contributed by atoms with Crippen molar-refractivity contribution < 1.29 is 19.4 Å². The maximum Gasteiger partial charge on any atom is 0.295 e. The number of hydrogen-bond donors (Lipinski definition) is 1. The van der Waals surface area contributed by atoms with E-state index in [-0.39, 0.29) is 11.3 Å². The molecule has 0 unspecified atom stereocenters. The quantitative estimate of drug-likeness (QED) is 0.200. The highest BCUT2D eigenvalue weighted by molar-refractivity contribution is 6.46. The van der Waals surface area contributed by atoms with Crippen LogP contribution in [0, 0.1) is 6.92 Å². The number of carbonyl (C=O) groups excluding carboxylic acids is 2. The SMILES string of the molecule is Cc1cccc(COc2ccc(/C(O)=C3\C(=O)C(=O)N(CCCn4ccnc4)[C@@H]3c3ccncc3)cc2)c1. The van der Waals surface area contributed by atoms with Gasteiger partial charge in [0.25, 0.3) is 11.7 Å². The predicted octanol–water partition coefficient (Wildman–Crippen LogP) is 4.68. The first-order chi connectivity index (χ1) is 18.5. The topological polar surface area (TPSA) is 97.6 Å². The standard InChI is InChI=1S/C30H28N4O4/c1-21-4-2-5-22(18-21)19-38-25-8-6-24(7-9-25)28(35)26-27(23-10-12-31-13-11-23)34(30(37)29(26)36)16-3-15-33-17-14-32-20-33/h2,4-14,17-18,20,27,35H,3,15-16,19H2,1H3/b28-26+/t27-/m1/s1. The highest BCUT2D eigenvalue weighted by Crippen LogP contribution is 2.39. The van der Waals surface area contributed by atoms with Gasteiger partial charge in [0.05, 0.1) is 17.9 Å². The highest BCUT2D eigenvalue weighted by Gasteiger charge is 2.45. The number of nitrogens with zero attached hydrogens (tertiary/aromatic N) is 4. The number of ketones is 1. The zero-order valence-corrected chi connectivity index (χ0v) is 21.0. The van der Waals surface area contributed by atoms with Gasteiger partial charge in [0.15, 0.2) is 0 Å². The Hall–Kier alpha value is -4.72. The van der Waals surface area contributed by atoms with Crippen LogP contribution < -0.4 is 4.74 Å². The Morgan fingerprint density at radius 3 is 2.47 bits per heavy atom. The number of hydrogen-bond acceptors (Lipinski definition) is 6. The van der Waals surface area contributed by atoms with E-state index < -0.39 is 17.7 Å². The molecule has 192 valence electrons. The monoisotopic (exact) mass is 508 g/mol. The number of rotatable bonds is 9. The minimum absolute atomic E-state index is 0.0669. The fraction of sp³-hybridized carbons (Fsp3) is 0.200. The molecule has 1 aliphatic rings. The van der Waals surface area contributed by atoms with Crippen molar-refractivity contribution in [3.8, 4) is 5.75 Å². The van der Waals surface area contributed by atoms with Crippen LogP contribution in [0.2, 0.25) is 0 Å². The first kappa shape index (κ1) is 25.0. The summed E-state index contributed by atoms with van der Waals surface area (Å²) < 4.78 is 7.80. The van der Waals surface area contributed by atoms with Crippen molar-refractivity contribution in [3.05, 3.63) is 120 Å². The van der Waals surface area contributed by atoms with Gasteiger partial charge < -0.3 is 19.3 Å². The molecule has 0 bridgehead atoms. The second-order valence-corrected chi connectivity index (χ2v) is 9.23. The van der Waals surface area contributed by atoms with E-state index in [0.29, 0.717) is 43.0 Å². The summed E-state index contributed by atoms with van der Waals surface area (Å²) in [6, 6.07) is 17.8. The van der Waals surface area contributed by atoms with Crippen molar-refractivity contribution in [3.63, 3.8) is 0 Å². The molecule has 38 heavy (non-hydrogen) atoms. The molecule has 3 heterocycles. The van der Waals surface area contributed by atoms with E-state index >= 15 is 0 Å². The van der Waals surface area contributed by atoms with E-state index in [4.69, 9.17) is 4.74 Å². The third-order valence-electron chi connectivity index (χ3n) is 6.55. The van der Waals surface area contributed by atoms with Gasteiger partial charge in [-0.2, -0.15) is 0 Å². The molecule has 5 rings (SSSR count). The van der Waals surface area contributed by atoms with Crippen molar-refractivity contribution in [1.82, 2.24) is 19.4 Å². The molecular formula is C30H28N4O4. The van der Waals surface area contributed by atoms with Gasteiger partial charge in [-0.15, -0.1) is 0 Å². The molecular weight excluding hydrogens is 480 g/mol. The predicted molar refractivity (Wildman–Crippen MR) is 142 cm³/mol.